The Balaban J connectivity index is 2.22. The van der Waals surface area contributed by atoms with Crippen LogP contribution in [-0.4, -0.2) is 24.5 Å². The van der Waals surface area contributed by atoms with Gasteiger partial charge in [-0.3, -0.25) is 4.79 Å². The molecule has 0 spiro atoms. The minimum atomic E-state index is -0.886. The Hall–Kier alpha value is -1.55. The zero-order valence-electron chi connectivity index (χ0n) is 10.6. The lowest BCUT2D eigenvalue weighted by atomic mass is 9.96. The highest BCUT2D eigenvalue weighted by Crippen LogP contribution is 2.29. The second-order valence-electron chi connectivity index (χ2n) is 4.36. The van der Waals surface area contributed by atoms with Gasteiger partial charge >= 0.3 is 5.97 Å². The van der Waals surface area contributed by atoms with Gasteiger partial charge in [-0.1, -0.05) is 11.6 Å². The molecule has 0 unspecified atom stereocenters. The Morgan fingerprint density at radius 3 is 2.68 bits per heavy atom. The average molecular weight is 283 g/mol. The van der Waals surface area contributed by atoms with Gasteiger partial charge in [0.2, 0.25) is 0 Å². The number of Topliss-reactive ketones (excluding diaryl/α,β-unsaturated/α-hetero) is 1. The molecular weight excluding hydrogens is 268 g/mol. The molecule has 0 N–H and O–H groups in total. The third-order valence-electron chi connectivity index (χ3n) is 2.99. The van der Waals surface area contributed by atoms with E-state index in [0.29, 0.717) is 10.8 Å². The molecule has 0 bridgehead atoms. The minimum Gasteiger partial charge on any atom is -0.490 e. The van der Waals surface area contributed by atoms with E-state index in [1.54, 1.807) is 19.1 Å². The number of esters is 1. The van der Waals surface area contributed by atoms with Crippen LogP contribution in [0.1, 0.15) is 36.5 Å². The van der Waals surface area contributed by atoms with Crippen LogP contribution in [0.5, 0.6) is 5.75 Å². The molecule has 102 valence electrons. The molecule has 0 aliphatic heterocycles. The minimum absolute atomic E-state index is 0.120. The molecule has 1 fully saturated rings. The van der Waals surface area contributed by atoms with Crippen molar-refractivity contribution < 1.29 is 19.1 Å². The van der Waals surface area contributed by atoms with Crippen molar-refractivity contribution in [3.8, 4) is 5.75 Å². The van der Waals surface area contributed by atoms with Crippen LogP contribution in [-0.2, 0) is 9.53 Å². The van der Waals surface area contributed by atoms with Gasteiger partial charge in [0.05, 0.1) is 18.3 Å². The Morgan fingerprint density at radius 1 is 1.37 bits per heavy atom. The van der Waals surface area contributed by atoms with Crippen molar-refractivity contribution in [2.24, 2.45) is 0 Å². The monoisotopic (exact) mass is 282 g/mol. The normalized spacial score (nSPS) is 14.6. The van der Waals surface area contributed by atoms with E-state index in [2.05, 4.69) is 0 Å². The van der Waals surface area contributed by atoms with Gasteiger partial charge in [-0.05, 0) is 44.4 Å². The SMILES string of the molecule is CCOC(=O)C(=O)c1cc(Cl)ccc1OC1CCC1. The molecular formula is C14H15ClO4. The predicted octanol–water partition coefficient (Wildman–Crippen LogP) is 3.02. The smallest absolute Gasteiger partial charge is 0.379 e. The van der Waals surface area contributed by atoms with Crippen LogP contribution in [0.3, 0.4) is 0 Å². The number of carbonyl (C=O) groups excluding carboxylic acids is 2. The summed E-state index contributed by atoms with van der Waals surface area (Å²) in [6.07, 6.45) is 3.18. The first-order valence-electron chi connectivity index (χ1n) is 6.29. The number of hydrogen-bond donors (Lipinski definition) is 0. The molecule has 4 nitrogen and oxygen atoms in total. The molecule has 1 aromatic carbocycles. The zero-order chi connectivity index (χ0) is 13.8. The molecule has 1 saturated carbocycles. The van der Waals surface area contributed by atoms with Gasteiger partial charge in [0.1, 0.15) is 5.75 Å². The molecule has 1 aromatic rings. The number of carbonyl (C=O) groups is 2. The number of benzene rings is 1. The van der Waals surface area contributed by atoms with Crippen LogP contribution < -0.4 is 4.74 Å². The highest BCUT2D eigenvalue weighted by atomic mass is 35.5. The number of ketones is 1. The van der Waals surface area contributed by atoms with Crippen molar-refractivity contribution in [1.82, 2.24) is 0 Å². The highest BCUT2D eigenvalue weighted by Gasteiger charge is 2.25. The maximum Gasteiger partial charge on any atom is 0.379 e. The van der Waals surface area contributed by atoms with Crippen LogP contribution in [0.4, 0.5) is 0 Å². The predicted molar refractivity (Wildman–Crippen MR) is 70.7 cm³/mol. The quantitative estimate of drug-likeness (QED) is 0.473. The highest BCUT2D eigenvalue weighted by molar-refractivity contribution is 6.42. The standard InChI is InChI=1S/C14H15ClO4/c1-2-18-14(17)13(16)11-8-9(15)6-7-12(11)19-10-4-3-5-10/h6-8,10H,2-5H2,1H3. The molecule has 1 aliphatic carbocycles. The van der Waals surface area contributed by atoms with Crippen molar-refractivity contribution in [2.75, 3.05) is 6.61 Å². The van der Waals surface area contributed by atoms with E-state index in [-0.39, 0.29) is 18.3 Å². The van der Waals surface area contributed by atoms with Crippen LogP contribution in [0.2, 0.25) is 5.02 Å². The summed E-state index contributed by atoms with van der Waals surface area (Å²) >= 11 is 5.87. The first-order valence-corrected chi connectivity index (χ1v) is 6.67. The Bertz CT molecular complexity index is 494. The second-order valence-corrected chi connectivity index (χ2v) is 4.80. The fraction of sp³-hybridized carbons (Fsp3) is 0.429. The fourth-order valence-electron chi connectivity index (χ4n) is 1.76. The summed E-state index contributed by atoms with van der Waals surface area (Å²) < 4.78 is 10.4. The van der Waals surface area contributed by atoms with Gasteiger partial charge in [-0.2, -0.15) is 0 Å². The molecule has 0 radical (unpaired) electrons. The first-order chi connectivity index (χ1) is 9.11. The van der Waals surface area contributed by atoms with E-state index >= 15 is 0 Å². The van der Waals surface area contributed by atoms with Gasteiger partial charge in [-0.15, -0.1) is 0 Å². The number of hydrogen-bond acceptors (Lipinski definition) is 4. The number of rotatable bonds is 5. The van der Waals surface area contributed by atoms with E-state index in [4.69, 9.17) is 21.1 Å². The van der Waals surface area contributed by atoms with Crippen molar-refractivity contribution in [3.05, 3.63) is 28.8 Å². The van der Waals surface area contributed by atoms with E-state index < -0.39 is 11.8 Å². The van der Waals surface area contributed by atoms with Gasteiger partial charge in [0.15, 0.2) is 0 Å². The first kappa shape index (κ1) is 13.9. The molecule has 0 heterocycles. The summed E-state index contributed by atoms with van der Waals surface area (Å²) in [5.74, 6) is -1.21. The second kappa shape index (κ2) is 6.06. The van der Waals surface area contributed by atoms with Crippen molar-refractivity contribution >= 4 is 23.4 Å². The molecule has 1 aliphatic rings. The van der Waals surface area contributed by atoms with Crippen LogP contribution in [0, 0.1) is 0 Å². The van der Waals surface area contributed by atoms with Gasteiger partial charge in [-0.25, -0.2) is 4.79 Å². The van der Waals surface area contributed by atoms with E-state index in [9.17, 15) is 9.59 Å². The van der Waals surface area contributed by atoms with Crippen molar-refractivity contribution in [2.45, 2.75) is 32.3 Å². The van der Waals surface area contributed by atoms with Crippen LogP contribution in [0.25, 0.3) is 0 Å². The lowest BCUT2D eigenvalue weighted by Crippen LogP contribution is -2.26. The Labute approximate surface area is 116 Å². The topological polar surface area (TPSA) is 52.6 Å². The Morgan fingerprint density at radius 2 is 2.11 bits per heavy atom. The summed E-state index contributed by atoms with van der Waals surface area (Å²) in [4.78, 5) is 23.5. The Kier molecular flexibility index (Phi) is 4.43. The average Bonchev–Trinajstić information content (AvgIpc) is 2.34. The van der Waals surface area contributed by atoms with Gasteiger partial charge in [0.25, 0.3) is 5.78 Å². The summed E-state index contributed by atoms with van der Waals surface area (Å²) in [7, 11) is 0. The van der Waals surface area contributed by atoms with Crippen LogP contribution >= 0.6 is 11.6 Å². The number of ether oxygens (including phenoxy) is 2. The maximum atomic E-state index is 12.0. The summed E-state index contributed by atoms with van der Waals surface area (Å²) in [5, 5.41) is 0.383. The maximum absolute atomic E-state index is 12.0. The molecule has 5 heteroatoms. The third kappa shape index (κ3) is 3.26. The molecule has 2 rings (SSSR count). The molecule has 0 atom stereocenters. The largest absolute Gasteiger partial charge is 0.490 e. The lowest BCUT2D eigenvalue weighted by Gasteiger charge is -2.27. The summed E-state index contributed by atoms with van der Waals surface area (Å²) in [5.41, 5.74) is 0.165. The van der Waals surface area contributed by atoms with Gasteiger partial charge < -0.3 is 9.47 Å². The molecule has 19 heavy (non-hydrogen) atoms. The van der Waals surface area contributed by atoms with E-state index in [1.807, 2.05) is 0 Å². The van der Waals surface area contributed by atoms with Crippen LogP contribution in [0.15, 0.2) is 18.2 Å². The summed E-state index contributed by atoms with van der Waals surface area (Å²) in [6.45, 7) is 1.80. The van der Waals surface area contributed by atoms with Crippen molar-refractivity contribution in [3.63, 3.8) is 0 Å². The zero-order valence-corrected chi connectivity index (χ0v) is 11.4. The molecule has 0 aromatic heterocycles. The third-order valence-corrected chi connectivity index (χ3v) is 3.23. The van der Waals surface area contributed by atoms with Crippen molar-refractivity contribution in [1.29, 1.82) is 0 Å². The van der Waals surface area contributed by atoms with Gasteiger partial charge in [0, 0.05) is 5.02 Å². The van der Waals surface area contributed by atoms with E-state index in [1.165, 1.54) is 6.07 Å². The summed E-state index contributed by atoms with van der Waals surface area (Å²) in [6, 6.07) is 4.69. The molecule has 0 saturated heterocycles. The fourth-order valence-corrected chi connectivity index (χ4v) is 1.93. The lowest BCUT2D eigenvalue weighted by molar-refractivity contribution is -0.137. The number of halogens is 1. The van der Waals surface area contributed by atoms with E-state index in [0.717, 1.165) is 19.3 Å². The molecule has 0 amide bonds.